The van der Waals surface area contributed by atoms with Gasteiger partial charge in [0.05, 0.1) is 22.8 Å². The molecule has 0 atom stereocenters. The van der Waals surface area contributed by atoms with Crippen LogP contribution in [-0.2, 0) is 25.6 Å². The number of nitrogen functional groups attached to an aromatic ring is 1. The maximum Gasteiger partial charge on any atom is 0.416 e. The molecule has 0 radical (unpaired) electrons. The van der Waals surface area contributed by atoms with E-state index >= 15 is 0 Å². The van der Waals surface area contributed by atoms with Gasteiger partial charge in [-0.05, 0) is 62.4 Å². The van der Waals surface area contributed by atoms with Gasteiger partial charge in [-0.1, -0.05) is 12.1 Å². The second-order valence-electron chi connectivity index (χ2n) is 9.15. The van der Waals surface area contributed by atoms with E-state index in [0.717, 1.165) is 24.9 Å². The molecule has 5 aromatic rings. The molecule has 13 heteroatoms. The van der Waals surface area contributed by atoms with Crippen molar-refractivity contribution in [1.29, 1.82) is 0 Å². The van der Waals surface area contributed by atoms with Crippen LogP contribution in [0.15, 0.2) is 55.1 Å². The number of halogens is 3. The molecule has 4 heterocycles. The Morgan fingerprint density at radius 3 is 2.62 bits per heavy atom. The number of carbonyl (C=O) groups excluding carboxylic acids is 1. The Morgan fingerprint density at radius 2 is 1.88 bits per heavy atom. The molecule has 1 aliphatic carbocycles. The molecule has 0 saturated heterocycles. The van der Waals surface area contributed by atoms with Gasteiger partial charge in [0.1, 0.15) is 18.0 Å². The van der Waals surface area contributed by atoms with Crippen molar-refractivity contribution in [2.24, 2.45) is 0 Å². The predicted octanol–water partition coefficient (Wildman–Crippen LogP) is 5.05. The highest BCUT2D eigenvalue weighted by atomic mass is 19.4. The predicted molar refractivity (Wildman–Crippen MR) is 143 cm³/mol. The van der Waals surface area contributed by atoms with Gasteiger partial charge in [-0.3, -0.25) is 14.6 Å². The van der Waals surface area contributed by atoms with Crippen LogP contribution in [0.25, 0.3) is 22.3 Å². The number of amides is 1. The van der Waals surface area contributed by atoms with E-state index in [0.29, 0.717) is 22.3 Å². The zero-order valence-corrected chi connectivity index (χ0v) is 21.5. The van der Waals surface area contributed by atoms with E-state index in [2.05, 4.69) is 47.2 Å². The third kappa shape index (κ3) is 5.63. The third-order valence-electron chi connectivity index (χ3n) is 6.59. The molecule has 10 nitrogen and oxygen atoms in total. The van der Waals surface area contributed by atoms with E-state index in [-0.39, 0.29) is 17.2 Å². The van der Waals surface area contributed by atoms with Gasteiger partial charge in [0.2, 0.25) is 0 Å². The Bertz CT molecular complexity index is 1630. The van der Waals surface area contributed by atoms with Crippen molar-refractivity contribution in [3.05, 3.63) is 77.5 Å². The Kier molecular flexibility index (Phi) is 7.45. The summed E-state index contributed by atoms with van der Waals surface area (Å²) >= 11 is 0. The Morgan fingerprint density at radius 1 is 1.10 bits per heavy atom. The van der Waals surface area contributed by atoms with Crippen LogP contribution in [0, 0.1) is 0 Å². The van der Waals surface area contributed by atoms with Gasteiger partial charge in [0.25, 0.3) is 5.91 Å². The molecule has 4 aromatic heterocycles. The van der Waals surface area contributed by atoms with E-state index in [9.17, 15) is 18.0 Å². The van der Waals surface area contributed by atoms with Gasteiger partial charge in [0, 0.05) is 29.6 Å². The van der Waals surface area contributed by atoms with Crippen LogP contribution in [-0.4, -0.2) is 40.8 Å². The molecular formula is C27H26F3N9O. The fraction of sp³-hybridized carbons (Fsp3) is 0.259. The van der Waals surface area contributed by atoms with Gasteiger partial charge in [-0.15, -0.1) is 0 Å². The summed E-state index contributed by atoms with van der Waals surface area (Å²) in [5.74, 6) is -0.532. The van der Waals surface area contributed by atoms with Crippen molar-refractivity contribution in [2.75, 3.05) is 11.1 Å². The van der Waals surface area contributed by atoms with E-state index < -0.39 is 17.6 Å². The summed E-state index contributed by atoms with van der Waals surface area (Å²) in [4.78, 5) is 24.1. The summed E-state index contributed by atoms with van der Waals surface area (Å²) in [6.45, 7) is 3.18. The number of aryl methyl sites for hydroxylation is 2. The van der Waals surface area contributed by atoms with Gasteiger partial charge in [0.15, 0.2) is 5.65 Å². The number of carbonyl (C=O) groups is 1. The van der Waals surface area contributed by atoms with E-state index in [1.54, 1.807) is 12.1 Å². The number of nitrogens with two attached hydrogens (primary N) is 1. The number of benzene rings is 1. The van der Waals surface area contributed by atoms with Gasteiger partial charge < -0.3 is 11.1 Å². The minimum Gasteiger partial charge on any atom is -0.383 e. The number of rotatable bonds is 4. The number of fused-ring (bicyclic) bond motifs is 2. The quantitative estimate of drug-likeness (QED) is 0.285. The molecular weight excluding hydrogens is 523 g/mol. The van der Waals surface area contributed by atoms with Crippen LogP contribution in [0.4, 0.5) is 24.8 Å². The first-order valence-electron chi connectivity index (χ1n) is 12.7. The zero-order chi connectivity index (χ0) is 28.3. The van der Waals surface area contributed by atoms with Crippen molar-refractivity contribution >= 4 is 28.6 Å². The molecule has 0 unspecified atom stereocenters. The first-order valence-corrected chi connectivity index (χ1v) is 12.7. The topological polar surface area (TPSA) is 140 Å². The number of aromatic nitrogens is 7. The third-order valence-corrected chi connectivity index (χ3v) is 6.59. The average molecular weight is 550 g/mol. The summed E-state index contributed by atoms with van der Waals surface area (Å²) in [6, 6.07) is 7.93. The van der Waals surface area contributed by atoms with Gasteiger partial charge in [-0.2, -0.15) is 23.4 Å². The molecule has 1 aliphatic rings. The number of nitrogens with one attached hydrogen (secondary N) is 2. The van der Waals surface area contributed by atoms with E-state index in [1.165, 1.54) is 55.4 Å². The molecule has 40 heavy (non-hydrogen) atoms. The number of alkyl halides is 3. The second kappa shape index (κ2) is 11.1. The summed E-state index contributed by atoms with van der Waals surface area (Å²) in [5.41, 5.74) is 9.87. The van der Waals surface area contributed by atoms with Crippen LogP contribution in [0.3, 0.4) is 0 Å². The van der Waals surface area contributed by atoms with Crippen LogP contribution in [0.1, 0.15) is 46.9 Å². The number of H-pyrrole nitrogens is 1. The van der Waals surface area contributed by atoms with E-state index in [1.807, 2.05) is 6.20 Å². The fourth-order valence-corrected chi connectivity index (χ4v) is 4.57. The highest BCUT2D eigenvalue weighted by Crippen LogP contribution is 2.31. The molecule has 0 bridgehead atoms. The molecule has 206 valence electrons. The standard InChI is InChI=1S/C18H12F3N7O.C9H14N2/c19-18(20,21)11-5-6-23-12(7-11)26-17(29)10-3-1-9(2-4-10)14-13-15(22)24-8-25-16(13)28-27-14;1-2-11-9-6-4-3-5-8(9)7-10-11/h1-8H,(H,23,26,29)(H3,22,24,25,27,28);7H,2-6H2,1H3. The van der Waals surface area contributed by atoms with Crippen molar-refractivity contribution in [1.82, 2.24) is 34.9 Å². The summed E-state index contributed by atoms with van der Waals surface area (Å²) < 4.78 is 40.5. The maximum absolute atomic E-state index is 12.8. The molecule has 1 amide bonds. The minimum atomic E-state index is -4.53. The van der Waals surface area contributed by atoms with Crippen LogP contribution in [0.2, 0.25) is 0 Å². The Hall–Kier alpha value is -4.81. The summed E-state index contributed by atoms with van der Waals surface area (Å²) in [7, 11) is 0. The van der Waals surface area contributed by atoms with Crippen molar-refractivity contribution in [3.8, 4) is 11.3 Å². The summed E-state index contributed by atoms with van der Waals surface area (Å²) in [5, 5.41) is 14.1. The molecule has 6 rings (SSSR count). The minimum absolute atomic E-state index is 0.196. The number of nitrogens with zero attached hydrogens (tertiary/aromatic N) is 6. The van der Waals surface area contributed by atoms with Gasteiger partial charge >= 0.3 is 6.18 Å². The average Bonchev–Trinajstić information content (AvgIpc) is 3.58. The van der Waals surface area contributed by atoms with Crippen molar-refractivity contribution in [3.63, 3.8) is 0 Å². The molecule has 1 aromatic carbocycles. The lowest BCUT2D eigenvalue weighted by Crippen LogP contribution is -2.14. The molecule has 0 fully saturated rings. The number of anilines is 2. The number of aromatic amines is 1. The maximum atomic E-state index is 12.8. The zero-order valence-electron chi connectivity index (χ0n) is 21.5. The second-order valence-corrected chi connectivity index (χ2v) is 9.15. The first-order chi connectivity index (χ1) is 19.2. The number of pyridine rings is 1. The largest absolute Gasteiger partial charge is 0.416 e. The Balaban J connectivity index is 0.000000244. The van der Waals surface area contributed by atoms with Crippen molar-refractivity contribution < 1.29 is 18.0 Å². The normalized spacial score (nSPS) is 12.9. The smallest absolute Gasteiger partial charge is 0.383 e. The molecule has 0 spiro atoms. The van der Waals surface area contributed by atoms with Gasteiger partial charge in [-0.25, -0.2) is 15.0 Å². The molecule has 0 saturated carbocycles. The van der Waals surface area contributed by atoms with Crippen molar-refractivity contribution in [2.45, 2.75) is 45.3 Å². The van der Waals surface area contributed by atoms with E-state index in [4.69, 9.17) is 5.73 Å². The lowest BCUT2D eigenvalue weighted by Gasteiger charge is -2.12. The number of hydrogen-bond donors (Lipinski definition) is 3. The van der Waals surface area contributed by atoms with Crippen LogP contribution >= 0.6 is 0 Å². The Labute approximate surface area is 226 Å². The molecule has 0 aliphatic heterocycles. The lowest BCUT2D eigenvalue weighted by molar-refractivity contribution is -0.137. The summed E-state index contributed by atoms with van der Waals surface area (Å²) in [6.07, 6.45) is 4.98. The van der Waals surface area contributed by atoms with Crippen LogP contribution in [0.5, 0.6) is 0 Å². The first kappa shape index (κ1) is 26.8. The highest BCUT2D eigenvalue weighted by molar-refractivity contribution is 6.04. The number of hydrogen-bond acceptors (Lipinski definition) is 7. The van der Waals surface area contributed by atoms with Crippen LogP contribution < -0.4 is 11.1 Å². The lowest BCUT2D eigenvalue weighted by atomic mass is 9.98. The monoisotopic (exact) mass is 549 g/mol. The highest BCUT2D eigenvalue weighted by Gasteiger charge is 2.31. The SMILES string of the molecule is CCn1ncc2c1CCCC2.Nc1ncnc2n[nH]c(-c3ccc(C(=O)Nc4cc(C(F)(F)F)ccn4)cc3)c12. The fourth-order valence-electron chi connectivity index (χ4n) is 4.57. The molecule has 4 N–H and O–H groups in total.